The molecule has 4 nitrogen and oxygen atoms in total. The zero-order valence-electron chi connectivity index (χ0n) is 12.2. The largest absolute Gasteiger partial charge is 0.396 e. The molecule has 1 atom stereocenters. The van der Waals surface area contributed by atoms with Gasteiger partial charge in [-0.25, -0.2) is 8.42 Å². The lowest BCUT2D eigenvalue weighted by atomic mass is 10.1. The number of aliphatic hydroxyl groups excluding tert-OH is 1. The van der Waals surface area contributed by atoms with E-state index in [1.807, 2.05) is 19.9 Å². The summed E-state index contributed by atoms with van der Waals surface area (Å²) < 4.78 is 27.1. The summed E-state index contributed by atoms with van der Waals surface area (Å²) in [5, 5.41) is 8.93. The Labute approximate surface area is 121 Å². The fourth-order valence-corrected chi connectivity index (χ4v) is 4.56. The maximum atomic E-state index is 12.7. The van der Waals surface area contributed by atoms with E-state index in [9.17, 15) is 8.42 Å². The maximum absolute atomic E-state index is 12.7. The number of hydrogen-bond donors (Lipinski definition) is 1. The van der Waals surface area contributed by atoms with Crippen LogP contribution in [-0.4, -0.2) is 37.0 Å². The van der Waals surface area contributed by atoms with Gasteiger partial charge in [-0.15, -0.1) is 0 Å². The molecule has 2 rings (SSSR count). The third kappa shape index (κ3) is 3.05. The maximum Gasteiger partial charge on any atom is 0.243 e. The monoisotopic (exact) mass is 297 g/mol. The van der Waals surface area contributed by atoms with Crippen LogP contribution >= 0.6 is 0 Å². The summed E-state index contributed by atoms with van der Waals surface area (Å²) in [4.78, 5) is 0.386. The Hall–Kier alpha value is -0.910. The Bertz CT molecular complexity index is 568. The summed E-state index contributed by atoms with van der Waals surface area (Å²) in [7, 11) is -3.41. The Morgan fingerprint density at radius 3 is 2.70 bits per heavy atom. The highest BCUT2D eigenvalue weighted by Crippen LogP contribution is 2.29. The van der Waals surface area contributed by atoms with Gasteiger partial charge in [0.05, 0.1) is 4.90 Å². The zero-order chi connectivity index (χ0) is 14.8. The molecule has 0 amide bonds. The lowest BCUT2D eigenvalue weighted by molar-refractivity contribution is 0.264. The number of sulfonamides is 1. The fraction of sp³-hybridized carbons (Fsp3) is 0.600. The molecule has 1 saturated heterocycles. The zero-order valence-corrected chi connectivity index (χ0v) is 13.0. The van der Waals surface area contributed by atoms with Gasteiger partial charge in [0.25, 0.3) is 0 Å². The lowest BCUT2D eigenvalue weighted by Gasteiger charge is -2.24. The van der Waals surface area contributed by atoms with Crippen molar-refractivity contribution < 1.29 is 13.5 Å². The number of aliphatic hydroxyl groups is 1. The van der Waals surface area contributed by atoms with Crippen molar-refractivity contribution in [3.8, 4) is 0 Å². The van der Waals surface area contributed by atoms with E-state index in [0.29, 0.717) is 17.9 Å². The van der Waals surface area contributed by atoms with Crippen molar-refractivity contribution in [2.45, 2.75) is 50.5 Å². The van der Waals surface area contributed by atoms with Crippen molar-refractivity contribution in [2.75, 3.05) is 13.2 Å². The molecule has 5 heteroatoms. The van der Waals surface area contributed by atoms with Crippen LogP contribution in [0, 0.1) is 13.8 Å². The Kier molecular flexibility index (Phi) is 4.83. The molecule has 0 aliphatic carbocycles. The van der Waals surface area contributed by atoms with E-state index in [1.54, 1.807) is 16.4 Å². The SMILES string of the molecule is Cc1ccc(S(=O)(=O)N2CCCC2CCCO)cc1C. The van der Waals surface area contributed by atoms with Gasteiger partial charge >= 0.3 is 0 Å². The molecule has 1 heterocycles. The van der Waals surface area contributed by atoms with Crippen molar-refractivity contribution in [1.82, 2.24) is 4.31 Å². The summed E-state index contributed by atoms with van der Waals surface area (Å²) in [6, 6.07) is 5.35. The average Bonchev–Trinajstić information content (AvgIpc) is 2.88. The van der Waals surface area contributed by atoms with E-state index in [2.05, 4.69) is 0 Å². The van der Waals surface area contributed by atoms with Gasteiger partial charge in [-0.1, -0.05) is 6.07 Å². The van der Waals surface area contributed by atoms with E-state index in [4.69, 9.17) is 5.11 Å². The molecule has 0 aromatic heterocycles. The molecular weight excluding hydrogens is 274 g/mol. The fourth-order valence-electron chi connectivity index (χ4n) is 2.75. The van der Waals surface area contributed by atoms with Gasteiger partial charge in [0, 0.05) is 19.2 Å². The summed E-state index contributed by atoms with van der Waals surface area (Å²) in [5.41, 5.74) is 2.10. The smallest absolute Gasteiger partial charge is 0.243 e. The summed E-state index contributed by atoms with van der Waals surface area (Å²) in [6.07, 6.45) is 3.19. The van der Waals surface area contributed by atoms with E-state index >= 15 is 0 Å². The molecule has 1 aliphatic heterocycles. The standard InChI is InChI=1S/C15H23NO3S/c1-12-7-8-15(11-13(12)2)20(18,19)16-9-3-5-14(16)6-4-10-17/h7-8,11,14,17H,3-6,9-10H2,1-2H3. The van der Waals surface area contributed by atoms with Gasteiger partial charge in [-0.3, -0.25) is 0 Å². The van der Waals surface area contributed by atoms with Crippen LogP contribution in [0.1, 0.15) is 36.8 Å². The Balaban J connectivity index is 2.26. The van der Waals surface area contributed by atoms with Crippen molar-refractivity contribution in [3.05, 3.63) is 29.3 Å². The molecule has 1 aromatic carbocycles. The Morgan fingerprint density at radius 2 is 2.05 bits per heavy atom. The van der Waals surface area contributed by atoms with Crippen molar-refractivity contribution >= 4 is 10.0 Å². The molecule has 0 radical (unpaired) electrons. The van der Waals surface area contributed by atoms with Gasteiger partial charge in [0.1, 0.15) is 0 Å². The van der Waals surface area contributed by atoms with Crippen LogP contribution in [0.3, 0.4) is 0 Å². The van der Waals surface area contributed by atoms with Gasteiger partial charge in [-0.2, -0.15) is 4.31 Å². The Morgan fingerprint density at radius 1 is 1.30 bits per heavy atom. The highest BCUT2D eigenvalue weighted by atomic mass is 32.2. The van der Waals surface area contributed by atoms with Gasteiger partial charge in [0.2, 0.25) is 10.0 Å². The molecule has 112 valence electrons. The molecule has 1 fully saturated rings. The van der Waals surface area contributed by atoms with Crippen molar-refractivity contribution in [3.63, 3.8) is 0 Å². The molecule has 1 unspecified atom stereocenters. The second-order valence-corrected chi connectivity index (χ2v) is 7.41. The average molecular weight is 297 g/mol. The molecule has 1 aliphatic rings. The van der Waals surface area contributed by atoms with Crippen LogP contribution in [0.15, 0.2) is 23.1 Å². The number of aryl methyl sites for hydroxylation is 2. The van der Waals surface area contributed by atoms with Crippen molar-refractivity contribution in [1.29, 1.82) is 0 Å². The number of rotatable bonds is 5. The normalized spacial score (nSPS) is 20.4. The quantitative estimate of drug-likeness (QED) is 0.906. The highest BCUT2D eigenvalue weighted by Gasteiger charge is 2.34. The third-order valence-corrected chi connectivity index (χ3v) is 6.05. The number of hydrogen-bond acceptors (Lipinski definition) is 3. The number of nitrogens with zero attached hydrogens (tertiary/aromatic N) is 1. The van der Waals surface area contributed by atoms with Gasteiger partial charge < -0.3 is 5.11 Å². The minimum atomic E-state index is -3.41. The molecule has 1 N–H and O–H groups in total. The van der Waals surface area contributed by atoms with Gasteiger partial charge in [0.15, 0.2) is 0 Å². The molecule has 0 spiro atoms. The van der Waals surface area contributed by atoms with Gasteiger partial charge in [-0.05, 0) is 62.8 Å². The van der Waals surface area contributed by atoms with Crippen LogP contribution in [0.5, 0.6) is 0 Å². The predicted molar refractivity (Wildman–Crippen MR) is 79.1 cm³/mol. The van der Waals surface area contributed by atoms with Crippen LogP contribution in [0.4, 0.5) is 0 Å². The topological polar surface area (TPSA) is 57.6 Å². The molecular formula is C15H23NO3S. The van der Waals surface area contributed by atoms with Crippen LogP contribution in [-0.2, 0) is 10.0 Å². The third-order valence-electron chi connectivity index (χ3n) is 4.10. The highest BCUT2D eigenvalue weighted by molar-refractivity contribution is 7.89. The molecule has 0 saturated carbocycles. The lowest BCUT2D eigenvalue weighted by Crippen LogP contribution is -2.35. The van der Waals surface area contributed by atoms with E-state index in [1.165, 1.54) is 0 Å². The van der Waals surface area contributed by atoms with Crippen molar-refractivity contribution in [2.24, 2.45) is 0 Å². The molecule has 0 bridgehead atoms. The summed E-state index contributed by atoms with van der Waals surface area (Å²) in [6.45, 7) is 4.62. The first-order chi connectivity index (χ1) is 9.46. The minimum Gasteiger partial charge on any atom is -0.396 e. The molecule has 1 aromatic rings. The van der Waals surface area contributed by atoms with Crippen LogP contribution < -0.4 is 0 Å². The van der Waals surface area contributed by atoms with E-state index in [0.717, 1.165) is 30.4 Å². The second kappa shape index (κ2) is 6.24. The minimum absolute atomic E-state index is 0.0359. The van der Waals surface area contributed by atoms with E-state index < -0.39 is 10.0 Å². The molecule has 20 heavy (non-hydrogen) atoms. The first kappa shape index (κ1) is 15.5. The number of benzene rings is 1. The summed E-state index contributed by atoms with van der Waals surface area (Å²) in [5.74, 6) is 0. The van der Waals surface area contributed by atoms with E-state index in [-0.39, 0.29) is 12.6 Å². The second-order valence-electron chi connectivity index (χ2n) is 5.52. The first-order valence-corrected chi connectivity index (χ1v) is 8.61. The van der Waals surface area contributed by atoms with Crippen LogP contribution in [0.25, 0.3) is 0 Å². The van der Waals surface area contributed by atoms with Crippen LogP contribution in [0.2, 0.25) is 0 Å². The first-order valence-electron chi connectivity index (χ1n) is 7.17. The predicted octanol–water partition coefficient (Wildman–Crippen LogP) is 2.23. The summed E-state index contributed by atoms with van der Waals surface area (Å²) >= 11 is 0.